The topological polar surface area (TPSA) is 52.7 Å². The molecule has 26 heavy (non-hydrogen) atoms. The second-order valence-electron chi connectivity index (χ2n) is 8.05. The minimum absolute atomic E-state index is 0.328. The first kappa shape index (κ1) is 20.3. The summed E-state index contributed by atoms with van der Waals surface area (Å²) in [5, 5.41) is 2.75. The molecule has 1 aromatic carbocycles. The van der Waals surface area contributed by atoms with E-state index in [1.165, 1.54) is 24.9 Å². The van der Waals surface area contributed by atoms with Crippen molar-refractivity contribution in [3.05, 3.63) is 24.3 Å². The SMILES string of the molecule is CC(C)CN(CC(C)C)C(=O)C(=O)Nc1ccc(N2CCCCC2)cc1. The van der Waals surface area contributed by atoms with Crippen LogP contribution in [0.15, 0.2) is 24.3 Å². The number of hydrogen-bond donors (Lipinski definition) is 1. The van der Waals surface area contributed by atoms with Crippen LogP contribution >= 0.6 is 0 Å². The lowest BCUT2D eigenvalue weighted by molar-refractivity contribution is -0.143. The van der Waals surface area contributed by atoms with Crippen molar-refractivity contribution in [2.45, 2.75) is 47.0 Å². The summed E-state index contributed by atoms with van der Waals surface area (Å²) in [6, 6.07) is 7.80. The monoisotopic (exact) mass is 359 g/mol. The quantitative estimate of drug-likeness (QED) is 0.787. The molecule has 1 fully saturated rings. The Morgan fingerprint density at radius 3 is 2.00 bits per heavy atom. The van der Waals surface area contributed by atoms with Gasteiger partial charge in [-0.25, -0.2) is 0 Å². The Morgan fingerprint density at radius 1 is 0.962 bits per heavy atom. The average molecular weight is 360 g/mol. The Kier molecular flexibility index (Phi) is 7.49. The number of hydrogen-bond acceptors (Lipinski definition) is 3. The lowest BCUT2D eigenvalue weighted by Gasteiger charge is -2.29. The number of anilines is 2. The van der Waals surface area contributed by atoms with Crippen LogP contribution in [-0.4, -0.2) is 42.9 Å². The molecular weight excluding hydrogens is 326 g/mol. The summed E-state index contributed by atoms with van der Waals surface area (Å²) in [5.41, 5.74) is 1.84. The Hall–Kier alpha value is -2.04. The summed E-state index contributed by atoms with van der Waals surface area (Å²) in [6.45, 7) is 11.6. The van der Waals surface area contributed by atoms with Crippen LogP contribution in [0.2, 0.25) is 0 Å². The van der Waals surface area contributed by atoms with Crippen LogP contribution in [0.4, 0.5) is 11.4 Å². The number of benzene rings is 1. The molecule has 5 heteroatoms. The van der Waals surface area contributed by atoms with Gasteiger partial charge in [0.2, 0.25) is 0 Å². The van der Waals surface area contributed by atoms with E-state index < -0.39 is 11.8 Å². The molecule has 0 atom stereocenters. The Bertz CT molecular complexity index is 580. The van der Waals surface area contributed by atoms with Gasteiger partial charge in [0, 0.05) is 37.6 Å². The predicted octanol–water partition coefficient (Wildman–Crippen LogP) is 3.76. The third-order valence-corrected chi connectivity index (χ3v) is 4.50. The van der Waals surface area contributed by atoms with Crippen molar-refractivity contribution in [1.29, 1.82) is 0 Å². The molecule has 0 spiro atoms. The van der Waals surface area contributed by atoms with Gasteiger partial charge in [-0.05, 0) is 55.4 Å². The summed E-state index contributed by atoms with van der Waals surface area (Å²) < 4.78 is 0. The molecule has 0 saturated carbocycles. The fourth-order valence-electron chi connectivity index (χ4n) is 3.36. The van der Waals surface area contributed by atoms with Crippen molar-refractivity contribution in [3.8, 4) is 0 Å². The van der Waals surface area contributed by atoms with E-state index in [1.54, 1.807) is 4.90 Å². The van der Waals surface area contributed by atoms with E-state index in [9.17, 15) is 9.59 Å². The van der Waals surface area contributed by atoms with Crippen LogP contribution in [0.3, 0.4) is 0 Å². The normalized spacial score (nSPS) is 14.6. The minimum atomic E-state index is -0.558. The highest BCUT2D eigenvalue weighted by atomic mass is 16.2. The molecule has 1 aliphatic heterocycles. The Labute approximate surface area is 157 Å². The second-order valence-corrected chi connectivity index (χ2v) is 8.05. The minimum Gasteiger partial charge on any atom is -0.372 e. The molecule has 1 aliphatic rings. The summed E-state index contributed by atoms with van der Waals surface area (Å²) >= 11 is 0. The van der Waals surface area contributed by atoms with Crippen molar-refractivity contribution < 1.29 is 9.59 Å². The van der Waals surface area contributed by atoms with E-state index in [2.05, 4.69) is 37.9 Å². The fraction of sp³-hybridized carbons (Fsp3) is 0.619. The molecule has 0 radical (unpaired) electrons. The fourth-order valence-corrected chi connectivity index (χ4v) is 3.36. The molecule has 0 aromatic heterocycles. The van der Waals surface area contributed by atoms with Gasteiger partial charge in [-0.2, -0.15) is 0 Å². The molecule has 1 heterocycles. The second kappa shape index (κ2) is 9.60. The standard InChI is InChI=1S/C21H33N3O2/c1-16(2)14-24(15-17(3)4)21(26)20(25)22-18-8-10-19(11-9-18)23-12-6-5-7-13-23/h8-11,16-17H,5-7,12-15H2,1-4H3,(H,22,25). The summed E-state index contributed by atoms with van der Waals surface area (Å²) in [4.78, 5) is 29.0. The van der Waals surface area contributed by atoms with Gasteiger partial charge < -0.3 is 15.1 Å². The van der Waals surface area contributed by atoms with Gasteiger partial charge in [-0.15, -0.1) is 0 Å². The molecule has 1 aromatic rings. The zero-order valence-corrected chi connectivity index (χ0v) is 16.6. The van der Waals surface area contributed by atoms with Crippen LogP contribution in [0.1, 0.15) is 47.0 Å². The number of rotatable bonds is 6. The van der Waals surface area contributed by atoms with Crippen LogP contribution in [0, 0.1) is 11.8 Å². The number of carbonyl (C=O) groups is 2. The van der Waals surface area contributed by atoms with Crippen LogP contribution in [0.25, 0.3) is 0 Å². The van der Waals surface area contributed by atoms with Crippen LogP contribution in [-0.2, 0) is 9.59 Å². The van der Waals surface area contributed by atoms with Crippen LogP contribution in [0.5, 0.6) is 0 Å². The van der Waals surface area contributed by atoms with Crippen molar-refractivity contribution >= 4 is 23.2 Å². The largest absolute Gasteiger partial charge is 0.372 e. The maximum atomic E-state index is 12.5. The first-order chi connectivity index (χ1) is 12.4. The van der Waals surface area contributed by atoms with E-state index in [1.807, 2.05) is 24.3 Å². The smallest absolute Gasteiger partial charge is 0.313 e. The van der Waals surface area contributed by atoms with Gasteiger partial charge in [0.1, 0.15) is 0 Å². The molecule has 2 rings (SSSR count). The molecule has 1 N–H and O–H groups in total. The van der Waals surface area contributed by atoms with E-state index in [4.69, 9.17) is 0 Å². The molecule has 2 amide bonds. The number of carbonyl (C=O) groups excluding carboxylic acids is 2. The highest BCUT2D eigenvalue weighted by molar-refractivity contribution is 6.39. The van der Waals surface area contributed by atoms with E-state index in [-0.39, 0.29) is 0 Å². The molecule has 0 bridgehead atoms. The number of amides is 2. The molecule has 144 valence electrons. The highest BCUT2D eigenvalue weighted by Crippen LogP contribution is 2.21. The third kappa shape index (κ3) is 6.04. The molecule has 0 aliphatic carbocycles. The summed E-state index contributed by atoms with van der Waals surface area (Å²) in [7, 11) is 0. The number of nitrogens with zero attached hydrogens (tertiary/aromatic N) is 2. The first-order valence-electron chi connectivity index (χ1n) is 9.82. The average Bonchev–Trinajstić information content (AvgIpc) is 2.61. The zero-order valence-electron chi connectivity index (χ0n) is 16.6. The zero-order chi connectivity index (χ0) is 19.1. The van der Waals surface area contributed by atoms with Crippen molar-refractivity contribution in [1.82, 2.24) is 4.90 Å². The molecule has 5 nitrogen and oxygen atoms in total. The Morgan fingerprint density at radius 2 is 1.50 bits per heavy atom. The van der Waals surface area contributed by atoms with Gasteiger partial charge in [-0.1, -0.05) is 27.7 Å². The number of piperidine rings is 1. The van der Waals surface area contributed by atoms with Gasteiger partial charge in [0.15, 0.2) is 0 Å². The van der Waals surface area contributed by atoms with E-state index in [0.29, 0.717) is 30.6 Å². The maximum absolute atomic E-state index is 12.5. The Balaban J connectivity index is 1.97. The maximum Gasteiger partial charge on any atom is 0.313 e. The van der Waals surface area contributed by atoms with Crippen LogP contribution < -0.4 is 10.2 Å². The summed E-state index contributed by atoms with van der Waals surface area (Å²) in [6.07, 6.45) is 3.76. The third-order valence-electron chi connectivity index (χ3n) is 4.50. The highest BCUT2D eigenvalue weighted by Gasteiger charge is 2.23. The predicted molar refractivity (Wildman–Crippen MR) is 107 cm³/mol. The first-order valence-corrected chi connectivity index (χ1v) is 9.82. The van der Waals surface area contributed by atoms with Gasteiger partial charge in [0.05, 0.1) is 0 Å². The lowest BCUT2D eigenvalue weighted by atomic mass is 10.1. The van der Waals surface area contributed by atoms with Crippen molar-refractivity contribution in [2.24, 2.45) is 11.8 Å². The van der Waals surface area contributed by atoms with E-state index >= 15 is 0 Å². The molecule has 1 saturated heterocycles. The van der Waals surface area contributed by atoms with Crippen molar-refractivity contribution in [3.63, 3.8) is 0 Å². The van der Waals surface area contributed by atoms with Gasteiger partial charge >= 0.3 is 11.8 Å². The molecule has 0 unspecified atom stereocenters. The summed E-state index contributed by atoms with van der Waals surface area (Å²) in [5.74, 6) is -0.354. The molecular formula is C21H33N3O2. The van der Waals surface area contributed by atoms with Gasteiger partial charge in [0.25, 0.3) is 0 Å². The van der Waals surface area contributed by atoms with E-state index in [0.717, 1.165) is 13.1 Å². The lowest BCUT2D eigenvalue weighted by Crippen LogP contribution is -2.43. The van der Waals surface area contributed by atoms with Gasteiger partial charge in [-0.3, -0.25) is 9.59 Å². The van der Waals surface area contributed by atoms with Crippen molar-refractivity contribution in [2.75, 3.05) is 36.4 Å². The number of nitrogens with one attached hydrogen (secondary N) is 1.